The van der Waals surface area contributed by atoms with Crippen LogP contribution in [0.15, 0.2) is 12.3 Å². The van der Waals surface area contributed by atoms with Gasteiger partial charge in [-0.1, -0.05) is 40.5 Å². The van der Waals surface area contributed by atoms with Crippen LogP contribution in [0.25, 0.3) is 0 Å². The van der Waals surface area contributed by atoms with E-state index >= 15 is 0 Å². The molecule has 2 saturated heterocycles. The van der Waals surface area contributed by atoms with Gasteiger partial charge in [-0.05, 0) is 62.5 Å². The number of aromatic nitrogens is 2. The van der Waals surface area contributed by atoms with E-state index < -0.39 is 0 Å². The van der Waals surface area contributed by atoms with E-state index in [1.807, 2.05) is 6.20 Å². The van der Waals surface area contributed by atoms with Crippen LogP contribution >= 0.6 is 0 Å². The predicted molar refractivity (Wildman–Crippen MR) is 124 cm³/mol. The van der Waals surface area contributed by atoms with Gasteiger partial charge >= 0.3 is 0 Å². The number of piperidine rings is 1. The molecule has 29 heavy (non-hydrogen) atoms. The van der Waals surface area contributed by atoms with E-state index in [-0.39, 0.29) is 0 Å². The quantitative estimate of drug-likeness (QED) is 0.680. The van der Waals surface area contributed by atoms with Crippen molar-refractivity contribution in [2.75, 3.05) is 42.9 Å². The Morgan fingerprint density at radius 1 is 1.07 bits per heavy atom. The molecule has 1 N–H and O–H groups in total. The summed E-state index contributed by atoms with van der Waals surface area (Å²) in [5.41, 5.74) is 0.443. The maximum atomic E-state index is 4.83. The number of hydrogen-bond acceptors (Lipinski definition) is 5. The summed E-state index contributed by atoms with van der Waals surface area (Å²) in [4.78, 5) is 14.4. The van der Waals surface area contributed by atoms with Gasteiger partial charge in [-0.15, -0.1) is 0 Å². The third-order valence-electron chi connectivity index (χ3n) is 6.39. The van der Waals surface area contributed by atoms with E-state index in [0.29, 0.717) is 11.5 Å². The summed E-state index contributed by atoms with van der Waals surface area (Å²) < 4.78 is 0. The molecule has 0 amide bonds. The largest absolute Gasteiger partial charge is 0.356 e. The number of hydrogen-bond donors (Lipinski definition) is 1. The second-order valence-electron chi connectivity index (χ2n) is 10.6. The first-order valence-corrected chi connectivity index (χ1v) is 12.0. The number of nitrogens with zero attached hydrogens (tertiary/aromatic N) is 4. The Hall–Kier alpha value is -1.36. The summed E-state index contributed by atoms with van der Waals surface area (Å²) >= 11 is 0. The number of likely N-dealkylation sites (tertiary alicyclic amines) is 1. The van der Waals surface area contributed by atoms with E-state index in [4.69, 9.17) is 4.98 Å². The third kappa shape index (κ3) is 7.76. The highest BCUT2D eigenvalue weighted by Gasteiger charge is 2.22. The topological polar surface area (TPSA) is 44.3 Å². The molecule has 1 atom stereocenters. The zero-order chi connectivity index (χ0) is 20.7. The van der Waals surface area contributed by atoms with E-state index in [2.05, 4.69) is 53.9 Å². The van der Waals surface area contributed by atoms with Gasteiger partial charge in [-0.2, -0.15) is 4.98 Å². The molecular weight excluding hydrogens is 358 g/mol. The first-order valence-electron chi connectivity index (χ1n) is 12.0. The molecule has 0 aromatic carbocycles. The molecular formula is C24H43N5. The van der Waals surface area contributed by atoms with Crippen molar-refractivity contribution in [2.24, 2.45) is 11.3 Å². The lowest BCUT2D eigenvalue weighted by atomic mass is 9.84. The van der Waals surface area contributed by atoms with Crippen molar-refractivity contribution in [1.29, 1.82) is 0 Å². The molecule has 2 aliphatic rings. The maximum absolute atomic E-state index is 4.83. The highest BCUT2D eigenvalue weighted by molar-refractivity contribution is 5.43. The Kier molecular flexibility index (Phi) is 8.16. The molecule has 0 spiro atoms. The molecule has 2 aliphatic heterocycles. The molecule has 2 fully saturated rings. The lowest BCUT2D eigenvalue weighted by Gasteiger charge is -2.33. The Labute approximate surface area is 178 Å². The molecule has 3 heterocycles. The summed E-state index contributed by atoms with van der Waals surface area (Å²) in [6, 6.07) is 2.57. The summed E-state index contributed by atoms with van der Waals surface area (Å²) in [6.45, 7) is 15.3. The highest BCUT2D eigenvalue weighted by atomic mass is 15.2. The van der Waals surface area contributed by atoms with Crippen molar-refractivity contribution in [3.63, 3.8) is 0 Å². The lowest BCUT2D eigenvalue weighted by Crippen LogP contribution is -2.40. The van der Waals surface area contributed by atoms with Gasteiger partial charge in [0.1, 0.15) is 5.82 Å². The lowest BCUT2D eigenvalue weighted by molar-refractivity contribution is 0.194. The van der Waals surface area contributed by atoms with Crippen LogP contribution < -0.4 is 10.2 Å². The molecule has 1 aromatic rings. The summed E-state index contributed by atoms with van der Waals surface area (Å²) in [5, 5.41) is 3.62. The summed E-state index contributed by atoms with van der Waals surface area (Å²) in [6.07, 6.45) is 12.2. The molecule has 3 rings (SSSR count). The van der Waals surface area contributed by atoms with Gasteiger partial charge in [-0.25, -0.2) is 4.98 Å². The zero-order valence-corrected chi connectivity index (χ0v) is 19.3. The highest BCUT2D eigenvalue weighted by Crippen LogP contribution is 2.26. The number of nitrogens with one attached hydrogen (secondary N) is 1. The molecule has 1 aromatic heterocycles. The Morgan fingerprint density at radius 2 is 1.76 bits per heavy atom. The minimum atomic E-state index is 0.443. The minimum Gasteiger partial charge on any atom is -0.356 e. The molecule has 0 radical (unpaired) electrons. The minimum absolute atomic E-state index is 0.443. The van der Waals surface area contributed by atoms with Crippen LogP contribution in [0.1, 0.15) is 79.1 Å². The van der Waals surface area contributed by atoms with Gasteiger partial charge in [0.2, 0.25) is 5.95 Å². The smallest absolute Gasteiger partial charge is 0.224 e. The van der Waals surface area contributed by atoms with Gasteiger partial charge in [-0.3, -0.25) is 0 Å². The average Bonchev–Trinajstić information content (AvgIpc) is 2.96. The van der Waals surface area contributed by atoms with Gasteiger partial charge in [0.25, 0.3) is 0 Å². The van der Waals surface area contributed by atoms with Crippen LogP contribution in [0, 0.1) is 11.3 Å². The average molecular weight is 402 g/mol. The Morgan fingerprint density at radius 3 is 2.41 bits per heavy atom. The molecule has 5 nitrogen and oxygen atoms in total. The monoisotopic (exact) mass is 401 g/mol. The summed E-state index contributed by atoms with van der Waals surface area (Å²) in [5.74, 6) is 2.71. The van der Waals surface area contributed by atoms with Gasteiger partial charge in [0.05, 0.1) is 0 Å². The van der Waals surface area contributed by atoms with Gasteiger partial charge < -0.3 is 15.1 Å². The third-order valence-corrected chi connectivity index (χ3v) is 6.39. The van der Waals surface area contributed by atoms with E-state index in [9.17, 15) is 0 Å². The molecule has 0 saturated carbocycles. The second kappa shape index (κ2) is 10.6. The molecule has 164 valence electrons. The Bertz CT molecular complexity index is 596. The number of rotatable bonds is 7. The maximum Gasteiger partial charge on any atom is 0.224 e. The van der Waals surface area contributed by atoms with E-state index in [1.54, 1.807) is 0 Å². The fourth-order valence-electron chi connectivity index (χ4n) is 4.93. The van der Waals surface area contributed by atoms with Gasteiger partial charge in [0, 0.05) is 38.4 Å². The first kappa shape index (κ1) is 22.3. The van der Waals surface area contributed by atoms with Crippen LogP contribution in [0.5, 0.6) is 0 Å². The van der Waals surface area contributed by atoms with Crippen molar-refractivity contribution in [2.45, 2.75) is 85.1 Å². The van der Waals surface area contributed by atoms with Crippen LogP contribution in [0.4, 0.5) is 11.8 Å². The van der Waals surface area contributed by atoms with Crippen LogP contribution in [0.2, 0.25) is 0 Å². The summed E-state index contributed by atoms with van der Waals surface area (Å²) in [7, 11) is 0. The number of anilines is 2. The van der Waals surface area contributed by atoms with Crippen LogP contribution in [0.3, 0.4) is 0 Å². The fourth-order valence-corrected chi connectivity index (χ4v) is 4.93. The van der Waals surface area contributed by atoms with Crippen molar-refractivity contribution in [3.05, 3.63) is 12.3 Å². The molecule has 0 aliphatic carbocycles. The first-order chi connectivity index (χ1) is 13.9. The van der Waals surface area contributed by atoms with E-state index in [0.717, 1.165) is 30.8 Å². The van der Waals surface area contributed by atoms with Crippen molar-refractivity contribution in [3.8, 4) is 0 Å². The van der Waals surface area contributed by atoms with Crippen LogP contribution in [-0.2, 0) is 0 Å². The predicted octanol–water partition coefficient (Wildman–Crippen LogP) is 5.20. The molecule has 5 heteroatoms. The van der Waals surface area contributed by atoms with Crippen molar-refractivity contribution < 1.29 is 0 Å². The zero-order valence-electron chi connectivity index (χ0n) is 19.3. The second-order valence-corrected chi connectivity index (χ2v) is 10.6. The fraction of sp³-hybridized carbons (Fsp3) is 0.833. The SMILES string of the molecule is CC(CCN1CCC(Nc2nccc(N3CCCCCC3)n2)CC1)CC(C)(C)C. The standard InChI is InChI=1S/C24H43N5/c1-20(19-24(2,3)4)10-16-28-17-11-21(12-18-28)26-23-25-13-9-22(27-23)29-14-7-5-6-8-15-29/h9,13,20-21H,5-8,10-12,14-19H2,1-4H3,(H,25,26,27). The van der Waals surface area contributed by atoms with Crippen molar-refractivity contribution >= 4 is 11.8 Å². The van der Waals surface area contributed by atoms with E-state index in [1.165, 1.54) is 71.0 Å². The normalized spacial score (nSPS) is 21.0. The Balaban J connectivity index is 1.42. The molecule has 0 bridgehead atoms. The van der Waals surface area contributed by atoms with Crippen molar-refractivity contribution in [1.82, 2.24) is 14.9 Å². The van der Waals surface area contributed by atoms with Crippen LogP contribution in [-0.4, -0.2) is 53.6 Å². The molecule has 1 unspecified atom stereocenters. The van der Waals surface area contributed by atoms with Gasteiger partial charge in [0.15, 0.2) is 0 Å².